The van der Waals surface area contributed by atoms with Crippen molar-refractivity contribution in [3.05, 3.63) is 28.0 Å². The van der Waals surface area contributed by atoms with Gasteiger partial charge in [0.25, 0.3) is 0 Å². The number of nitrogens with zero attached hydrogens (tertiary/aromatic N) is 1. The van der Waals surface area contributed by atoms with Gasteiger partial charge in [-0.05, 0) is 6.07 Å². The Morgan fingerprint density at radius 1 is 1.46 bits per heavy atom. The molecule has 0 amide bonds. The highest BCUT2D eigenvalue weighted by Gasteiger charge is 2.00. The Hall–Kier alpha value is -0.350. The van der Waals surface area contributed by atoms with E-state index in [4.69, 9.17) is 28.9 Å². The number of nitrogens with one attached hydrogen (secondary N) is 1. The Morgan fingerprint density at radius 3 is 2.85 bits per heavy atom. The van der Waals surface area contributed by atoms with Crippen LogP contribution in [0.2, 0.25) is 10.2 Å². The molecule has 0 bridgehead atoms. The van der Waals surface area contributed by atoms with Crippen molar-refractivity contribution in [1.29, 1.82) is 0 Å². The van der Waals surface area contributed by atoms with E-state index in [1.165, 1.54) is 0 Å². The topological polar surface area (TPSA) is 50.9 Å². The molecule has 1 aromatic rings. The molecule has 0 atom stereocenters. The first-order valence-corrected chi connectivity index (χ1v) is 4.70. The van der Waals surface area contributed by atoms with Crippen molar-refractivity contribution >= 4 is 23.2 Å². The molecule has 72 valence electrons. The second-order valence-electron chi connectivity index (χ2n) is 2.56. The SMILES string of the molecule is NCCNCc1cnc(Cl)cc1Cl. The minimum Gasteiger partial charge on any atom is -0.329 e. The van der Waals surface area contributed by atoms with Crippen LogP contribution in [0.1, 0.15) is 5.56 Å². The first kappa shape index (κ1) is 10.7. The zero-order valence-corrected chi connectivity index (χ0v) is 8.57. The Labute approximate surface area is 87.2 Å². The fraction of sp³-hybridized carbons (Fsp3) is 0.375. The van der Waals surface area contributed by atoms with Gasteiger partial charge in [0.2, 0.25) is 0 Å². The summed E-state index contributed by atoms with van der Waals surface area (Å²) in [5.41, 5.74) is 6.25. The van der Waals surface area contributed by atoms with E-state index >= 15 is 0 Å². The van der Waals surface area contributed by atoms with Crippen molar-refractivity contribution in [2.75, 3.05) is 13.1 Å². The number of nitrogens with two attached hydrogens (primary N) is 1. The summed E-state index contributed by atoms with van der Waals surface area (Å²) in [7, 11) is 0. The van der Waals surface area contributed by atoms with Crippen molar-refractivity contribution in [2.45, 2.75) is 6.54 Å². The van der Waals surface area contributed by atoms with E-state index in [1.807, 2.05) is 0 Å². The van der Waals surface area contributed by atoms with Crippen LogP contribution >= 0.6 is 23.2 Å². The lowest BCUT2D eigenvalue weighted by atomic mass is 10.3. The summed E-state index contributed by atoms with van der Waals surface area (Å²) in [4.78, 5) is 3.93. The summed E-state index contributed by atoms with van der Waals surface area (Å²) < 4.78 is 0. The molecule has 0 radical (unpaired) electrons. The number of rotatable bonds is 4. The quantitative estimate of drug-likeness (QED) is 0.596. The number of hydrogen-bond acceptors (Lipinski definition) is 3. The van der Waals surface area contributed by atoms with Crippen LogP contribution < -0.4 is 11.1 Å². The van der Waals surface area contributed by atoms with Gasteiger partial charge >= 0.3 is 0 Å². The minimum absolute atomic E-state index is 0.410. The Morgan fingerprint density at radius 2 is 2.23 bits per heavy atom. The smallest absolute Gasteiger partial charge is 0.130 e. The largest absolute Gasteiger partial charge is 0.329 e. The van der Waals surface area contributed by atoms with E-state index in [9.17, 15) is 0 Å². The number of halogens is 2. The van der Waals surface area contributed by atoms with E-state index in [0.717, 1.165) is 12.1 Å². The third-order valence-electron chi connectivity index (χ3n) is 1.53. The maximum atomic E-state index is 5.91. The Bertz CT molecular complexity index is 278. The molecule has 13 heavy (non-hydrogen) atoms. The molecular formula is C8H11Cl2N3. The molecule has 3 nitrogen and oxygen atoms in total. The van der Waals surface area contributed by atoms with Gasteiger partial charge in [-0.1, -0.05) is 23.2 Å². The third kappa shape index (κ3) is 3.48. The standard InChI is InChI=1S/C8H11Cl2N3/c9-7-3-8(10)13-5-6(7)4-12-2-1-11/h3,5,12H,1-2,4,11H2. The van der Waals surface area contributed by atoms with Crippen molar-refractivity contribution < 1.29 is 0 Å². The number of pyridine rings is 1. The van der Waals surface area contributed by atoms with Crippen molar-refractivity contribution in [3.8, 4) is 0 Å². The van der Waals surface area contributed by atoms with Crippen molar-refractivity contribution in [1.82, 2.24) is 10.3 Å². The van der Waals surface area contributed by atoms with E-state index in [0.29, 0.717) is 23.3 Å². The molecular weight excluding hydrogens is 209 g/mol. The molecule has 0 aliphatic heterocycles. The van der Waals surface area contributed by atoms with E-state index in [-0.39, 0.29) is 0 Å². The van der Waals surface area contributed by atoms with Crippen LogP contribution in [0.15, 0.2) is 12.3 Å². The van der Waals surface area contributed by atoms with Gasteiger partial charge in [0.1, 0.15) is 5.15 Å². The first-order chi connectivity index (χ1) is 6.24. The maximum Gasteiger partial charge on any atom is 0.130 e. The predicted molar refractivity (Wildman–Crippen MR) is 55.0 cm³/mol. The van der Waals surface area contributed by atoms with E-state index in [1.54, 1.807) is 12.3 Å². The molecule has 0 aromatic carbocycles. The van der Waals surface area contributed by atoms with Gasteiger partial charge in [0.05, 0.1) is 0 Å². The van der Waals surface area contributed by atoms with Crippen LogP contribution in [-0.2, 0) is 6.54 Å². The summed E-state index contributed by atoms with van der Waals surface area (Å²) in [6.07, 6.45) is 1.66. The van der Waals surface area contributed by atoms with Crippen LogP contribution in [0.3, 0.4) is 0 Å². The second kappa shape index (κ2) is 5.40. The lowest BCUT2D eigenvalue weighted by molar-refractivity contribution is 0.693. The van der Waals surface area contributed by atoms with Gasteiger partial charge in [0, 0.05) is 36.4 Å². The zero-order valence-electron chi connectivity index (χ0n) is 7.06. The van der Waals surface area contributed by atoms with Crippen LogP contribution in [-0.4, -0.2) is 18.1 Å². The molecule has 1 rings (SSSR count). The number of aromatic nitrogens is 1. The van der Waals surface area contributed by atoms with Crippen LogP contribution in [0.5, 0.6) is 0 Å². The van der Waals surface area contributed by atoms with Gasteiger partial charge in [-0.15, -0.1) is 0 Å². The fourth-order valence-electron chi connectivity index (χ4n) is 0.891. The zero-order chi connectivity index (χ0) is 9.68. The van der Waals surface area contributed by atoms with Gasteiger partial charge in [-0.25, -0.2) is 4.98 Å². The molecule has 1 aromatic heterocycles. The average Bonchev–Trinajstić information content (AvgIpc) is 2.09. The molecule has 0 unspecified atom stereocenters. The highest BCUT2D eigenvalue weighted by molar-refractivity contribution is 6.34. The Balaban J connectivity index is 2.56. The summed E-state index contributed by atoms with van der Waals surface area (Å²) in [6, 6.07) is 1.63. The van der Waals surface area contributed by atoms with Gasteiger partial charge in [-0.3, -0.25) is 0 Å². The van der Waals surface area contributed by atoms with Gasteiger partial charge < -0.3 is 11.1 Å². The molecule has 1 heterocycles. The molecule has 0 aliphatic carbocycles. The molecule has 0 saturated carbocycles. The van der Waals surface area contributed by atoms with E-state index in [2.05, 4.69) is 10.3 Å². The van der Waals surface area contributed by atoms with E-state index < -0.39 is 0 Å². The molecule has 5 heteroatoms. The highest BCUT2D eigenvalue weighted by Crippen LogP contribution is 2.17. The van der Waals surface area contributed by atoms with Crippen molar-refractivity contribution in [2.24, 2.45) is 5.73 Å². The summed E-state index contributed by atoms with van der Waals surface area (Å²) in [5, 5.41) is 4.16. The minimum atomic E-state index is 0.410. The van der Waals surface area contributed by atoms with Gasteiger partial charge in [-0.2, -0.15) is 0 Å². The summed E-state index contributed by atoms with van der Waals surface area (Å²) in [5.74, 6) is 0. The maximum absolute atomic E-state index is 5.91. The normalized spacial score (nSPS) is 10.4. The second-order valence-corrected chi connectivity index (χ2v) is 3.36. The lowest BCUT2D eigenvalue weighted by Gasteiger charge is -2.04. The molecule has 3 N–H and O–H groups in total. The van der Waals surface area contributed by atoms with Gasteiger partial charge in [0.15, 0.2) is 0 Å². The first-order valence-electron chi connectivity index (χ1n) is 3.94. The summed E-state index contributed by atoms with van der Waals surface area (Å²) >= 11 is 11.6. The molecule has 0 fully saturated rings. The van der Waals surface area contributed by atoms with Crippen LogP contribution in [0.4, 0.5) is 0 Å². The third-order valence-corrected chi connectivity index (χ3v) is 2.09. The monoisotopic (exact) mass is 219 g/mol. The molecule has 0 aliphatic rings. The predicted octanol–water partition coefficient (Wildman–Crippen LogP) is 1.44. The lowest BCUT2D eigenvalue weighted by Crippen LogP contribution is -2.22. The average molecular weight is 220 g/mol. The van der Waals surface area contributed by atoms with Crippen molar-refractivity contribution in [3.63, 3.8) is 0 Å². The number of hydrogen-bond donors (Lipinski definition) is 2. The molecule has 0 saturated heterocycles. The highest BCUT2D eigenvalue weighted by atomic mass is 35.5. The van der Waals surface area contributed by atoms with Crippen LogP contribution in [0.25, 0.3) is 0 Å². The molecule has 0 spiro atoms. The summed E-state index contributed by atoms with van der Waals surface area (Å²) in [6.45, 7) is 2.04. The van der Waals surface area contributed by atoms with Crippen LogP contribution in [0, 0.1) is 0 Å². The fourth-order valence-corrected chi connectivity index (χ4v) is 1.32. The Kier molecular flexibility index (Phi) is 4.45.